The topological polar surface area (TPSA) is 58.6 Å². The van der Waals surface area contributed by atoms with Crippen LogP contribution in [0.1, 0.15) is 12.0 Å². The summed E-state index contributed by atoms with van der Waals surface area (Å²) >= 11 is 0. The largest absolute Gasteiger partial charge is 0.435 e. The summed E-state index contributed by atoms with van der Waals surface area (Å²) in [4.78, 5) is 25.0. The first-order chi connectivity index (χ1) is 10.0. The molecule has 7 heteroatoms. The van der Waals surface area contributed by atoms with Gasteiger partial charge in [0.1, 0.15) is 5.75 Å². The van der Waals surface area contributed by atoms with E-state index in [0.717, 1.165) is 0 Å². The molecule has 2 amide bonds. The zero-order chi connectivity index (χ0) is 15.2. The van der Waals surface area contributed by atoms with E-state index in [2.05, 4.69) is 10.1 Å². The van der Waals surface area contributed by atoms with E-state index in [0.29, 0.717) is 31.6 Å². The van der Waals surface area contributed by atoms with Gasteiger partial charge in [-0.05, 0) is 17.7 Å². The van der Waals surface area contributed by atoms with Gasteiger partial charge in [0.15, 0.2) is 0 Å². The van der Waals surface area contributed by atoms with Gasteiger partial charge in [-0.1, -0.05) is 12.1 Å². The van der Waals surface area contributed by atoms with Crippen molar-refractivity contribution >= 4 is 11.8 Å². The summed E-state index contributed by atoms with van der Waals surface area (Å²) in [6, 6.07) is 5.97. The Morgan fingerprint density at radius 1 is 1.29 bits per heavy atom. The first-order valence-corrected chi connectivity index (χ1v) is 6.63. The predicted molar refractivity (Wildman–Crippen MR) is 71.0 cm³/mol. The van der Waals surface area contributed by atoms with E-state index in [9.17, 15) is 18.4 Å². The van der Waals surface area contributed by atoms with Crippen LogP contribution >= 0.6 is 0 Å². The molecule has 1 saturated heterocycles. The van der Waals surface area contributed by atoms with Crippen molar-refractivity contribution in [3.63, 3.8) is 0 Å². The molecule has 1 N–H and O–H groups in total. The van der Waals surface area contributed by atoms with Crippen molar-refractivity contribution < 1.29 is 23.1 Å². The molecule has 1 aromatic rings. The number of carbonyl (C=O) groups is 2. The number of rotatable bonds is 4. The lowest BCUT2D eigenvalue weighted by molar-refractivity contribution is -0.130. The fourth-order valence-corrected chi connectivity index (χ4v) is 2.09. The number of nitrogens with zero attached hydrogens (tertiary/aromatic N) is 1. The van der Waals surface area contributed by atoms with Crippen molar-refractivity contribution in [1.82, 2.24) is 10.2 Å². The summed E-state index contributed by atoms with van der Waals surface area (Å²) in [7, 11) is 0. The molecular formula is C14H16F2N2O3. The van der Waals surface area contributed by atoms with E-state index in [1.54, 1.807) is 17.0 Å². The highest BCUT2D eigenvalue weighted by molar-refractivity contribution is 5.81. The summed E-state index contributed by atoms with van der Waals surface area (Å²) in [6.07, 6.45) is 0.468. The van der Waals surface area contributed by atoms with Crippen molar-refractivity contribution in [2.75, 3.05) is 19.6 Å². The van der Waals surface area contributed by atoms with E-state index in [1.165, 1.54) is 12.1 Å². The van der Waals surface area contributed by atoms with Gasteiger partial charge >= 0.3 is 6.61 Å². The molecule has 0 atom stereocenters. The molecule has 5 nitrogen and oxygen atoms in total. The molecule has 0 saturated carbocycles. The van der Waals surface area contributed by atoms with Gasteiger partial charge in [-0.15, -0.1) is 0 Å². The smallest absolute Gasteiger partial charge is 0.387 e. The minimum absolute atomic E-state index is 0.0567. The molecule has 21 heavy (non-hydrogen) atoms. The average Bonchev–Trinajstić information content (AvgIpc) is 2.65. The van der Waals surface area contributed by atoms with Crippen LogP contribution in [0.2, 0.25) is 0 Å². The molecular weight excluding hydrogens is 282 g/mol. The van der Waals surface area contributed by atoms with Gasteiger partial charge in [-0.2, -0.15) is 8.78 Å². The SMILES string of the molecule is O=C1CCN(C(=O)Cc2ccc(OC(F)F)cc2)CCN1. The summed E-state index contributed by atoms with van der Waals surface area (Å²) in [5.41, 5.74) is 0.713. The van der Waals surface area contributed by atoms with Crippen molar-refractivity contribution in [3.05, 3.63) is 29.8 Å². The van der Waals surface area contributed by atoms with Gasteiger partial charge in [0, 0.05) is 26.1 Å². The molecule has 114 valence electrons. The molecule has 0 spiro atoms. The van der Waals surface area contributed by atoms with Crippen LogP contribution in [0.3, 0.4) is 0 Å². The Bertz CT molecular complexity index is 505. The Balaban J connectivity index is 1.91. The van der Waals surface area contributed by atoms with Crippen LogP contribution < -0.4 is 10.1 Å². The molecule has 0 radical (unpaired) electrons. The summed E-state index contributed by atoms with van der Waals surface area (Å²) in [6.45, 7) is -1.53. The second-order valence-electron chi connectivity index (χ2n) is 4.68. The maximum atomic E-state index is 12.1. The fourth-order valence-electron chi connectivity index (χ4n) is 2.09. The van der Waals surface area contributed by atoms with Crippen LogP contribution in [0.5, 0.6) is 5.75 Å². The van der Waals surface area contributed by atoms with Gasteiger partial charge in [-0.3, -0.25) is 9.59 Å². The molecule has 1 aromatic carbocycles. The first kappa shape index (κ1) is 15.2. The Labute approximate surface area is 120 Å². The summed E-state index contributed by atoms with van der Waals surface area (Å²) < 4.78 is 28.3. The van der Waals surface area contributed by atoms with Gasteiger partial charge < -0.3 is 15.0 Å². The van der Waals surface area contributed by atoms with Crippen LogP contribution in [0, 0.1) is 0 Å². The predicted octanol–water partition coefficient (Wildman–Crippen LogP) is 1.18. The molecule has 0 aliphatic carbocycles. The Kier molecular flexibility index (Phi) is 5.08. The van der Waals surface area contributed by atoms with Crippen LogP contribution in [0.15, 0.2) is 24.3 Å². The van der Waals surface area contributed by atoms with Crippen molar-refractivity contribution in [2.24, 2.45) is 0 Å². The number of halogens is 2. The Morgan fingerprint density at radius 2 is 2.00 bits per heavy atom. The Hall–Kier alpha value is -2.18. The summed E-state index contributed by atoms with van der Waals surface area (Å²) in [5, 5.41) is 2.70. The van der Waals surface area contributed by atoms with Crippen molar-refractivity contribution in [3.8, 4) is 5.75 Å². The Morgan fingerprint density at radius 3 is 2.67 bits per heavy atom. The first-order valence-electron chi connectivity index (χ1n) is 6.63. The highest BCUT2D eigenvalue weighted by Crippen LogP contribution is 2.15. The van der Waals surface area contributed by atoms with Gasteiger partial charge in [0.25, 0.3) is 0 Å². The summed E-state index contributed by atoms with van der Waals surface area (Å²) in [5.74, 6) is -0.0846. The van der Waals surface area contributed by atoms with Gasteiger partial charge in [0.05, 0.1) is 6.42 Å². The number of amides is 2. The molecule has 1 aliphatic heterocycles. The minimum Gasteiger partial charge on any atom is -0.435 e. The second-order valence-corrected chi connectivity index (χ2v) is 4.68. The standard InChI is InChI=1S/C14H16F2N2O3/c15-14(16)21-11-3-1-10(2-4-11)9-13(20)18-7-5-12(19)17-6-8-18/h1-4,14H,5-9H2,(H,17,19). The highest BCUT2D eigenvalue weighted by atomic mass is 19.3. The van der Waals surface area contributed by atoms with Gasteiger partial charge in [0.2, 0.25) is 11.8 Å². The van der Waals surface area contributed by atoms with Crippen LogP contribution in [0.4, 0.5) is 8.78 Å². The van der Waals surface area contributed by atoms with E-state index in [1.807, 2.05) is 0 Å². The maximum Gasteiger partial charge on any atom is 0.387 e. The lowest BCUT2D eigenvalue weighted by Gasteiger charge is -2.19. The van der Waals surface area contributed by atoms with Crippen LogP contribution in [0.25, 0.3) is 0 Å². The molecule has 1 heterocycles. The average molecular weight is 298 g/mol. The van der Waals surface area contributed by atoms with E-state index < -0.39 is 6.61 Å². The molecule has 0 unspecified atom stereocenters. The third-order valence-electron chi connectivity index (χ3n) is 3.17. The number of hydrogen-bond acceptors (Lipinski definition) is 3. The molecule has 0 bridgehead atoms. The van der Waals surface area contributed by atoms with E-state index in [4.69, 9.17) is 0 Å². The maximum absolute atomic E-state index is 12.1. The third-order valence-corrected chi connectivity index (χ3v) is 3.17. The van der Waals surface area contributed by atoms with Crippen LogP contribution in [-0.2, 0) is 16.0 Å². The second kappa shape index (κ2) is 7.01. The zero-order valence-electron chi connectivity index (χ0n) is 11.4. The van der Waals surface area contributed by atoms with Crippen molar-refractivity contribution in [1.29, 1.82) is 0 Å². The van der Waals surface area contributed by atoms with Crippen LogP contribution in [-0.4, -0.2) is 43.0 Å². The number of hydrogen-bond donors (Lipinski definition) is 1. The molecule has 1 fully saturated rings. The van der Waals surface area contributed by atoms with Crippen molar-refractivity contribution in [2.45, 2.75) is 19.5 Å². The monoisotopic (exact) mass is 298 g/mol. The van der Waals surface area contributed by atoms with E-state index in [-0.39, 0.29) is 24.0 Å². The number of ether oxygens (including phenoxy) is 1. The number of nitrogens with one attached hydrogen (secondary N) is 1. The quantitative estimate of drug-likeness (QED) is 0.908. The molecule has 2 rings (SSSR count). The zero-order valence-corrected chi connectivity index (χ0v) is 11.4. The lowest BCUT2D eigenvalue weighted by Crippen LogP contribution is -2.35. The normalized spacial score (nSPS) is 15.6. The minimum atomic E-state index is -2.86. The highest BCUT2D eigenvalue weighted by Gasteiger charge is 2.18. The number of carbonyl (C=O) groups excluding carboxylic acids is 2. The third kappa shape index (κ3) is 4.70. The lowest BCUT2D eigenvalue weighted by atomic mass is 10.1. The molecule has 1 aliphatic rings. The van der Waals surface area contributed by atoms with E-state index >= 15 is 0 Å². The number of alkyl halides is 2. The number of benzene rings is 1. The van der Waals surface area contributed by atoms with Gasteiger partial charge in [-0.25, -0.2) is 0 Å². The molecule has 0 aromatic heterocycles. The fraction of sp³-hybridized carbons (Fsp3) is 0.429.